The molecule has 0 bridgehead atoms. The molecule has 0 aromatic carbocycles. The monoisotopic (exact) mass is 349 g/mol. The van der Waals surface area contributed by atoms with Crippen molar-refractivity contribution >= 4 is 0 Å². The van der Waals surface area contributed by atoms with E-state index in [1.54, 1.807) is 5.82 Å². The average molecular weight is 350 g/mol. The summed E-state index contributed by atoms with van der Waals surface area (Å²) in [6, 6.07) is 0.574. The van der Waals surface area contributed by atoms with Gasteiger partial charge in [-0.15, -0.1) is 0 Å². The highest BCUT2D eigenvalue weighted by Crippen LogP contribution is 2.13. The van der Waals surface area contributed by atoms with Gasteiger partial charge in [-0.1, -0.05) is 78.1 Å². The first-order valence-electron chi connectivity index (χ1n) is 11.3. The summed E-state index contributed by atoms with van der Waals surface area (Å²) in [6.45, 7) is 10.4. The molecule has 1 rings (SSSR count). The van der Waals surface area contributed by atoms with Crippen molar-refractivity contribution in [2.45, 2.75) is 130 Å². The Morgan fingerprint density at radius 2 is 1.28 bits per heavy atom. The van der Waals surface area contributed by atoms with Crippen molar-refractivity contribution in [2.75, 3.05) is 0 Å². The van der Waals surface area contributed by atoms with Gasteiger partial charge in [0.25, 0.3) is 5.82 Å². The summed E-state index contributed by atoms with van der Waals surface area (Å²) in [7, 11) is 0. The third-order valence-corrected chi connectivity index (χ3v) is 5.35. The van der Waals surface area contributed by atoms with E-state index < -0.39 is 0 Å². The van der Waals surface area contributed by atoms with Crippen LogP contribution >= 0.6 is 0 Å². The first-order valence-corrected chi connectivity index (χ1v) is 11.3. The van der Waals surface area contributed by atoms with Gasteiger partial charge in [0.2, 0.25) is 0 Å². The van der Waals surface area contributed by atoms with Crippen LogP contribution in [0.1, 0.15) is 123 Å². The normalized spacial score (nSPS) is 11.6. The molecule has 1 aromatic rings. The number of unbranched alkanes of at least 4 members (excludes halogenated alkanes) is 11. The second-order valence-electron chi connectivity index (χ2n) is 8.05. The number of hydrogen-bond acceptors (Lipinski definition) is 0. The van der Waals surface area contributed by atoms with E-state index in [1.165, 1.54) is 96.4 Å². The number of aromatic nitrogens is 2. The van der Waals surface area contributed by atoms with E-state index in [-0.39, 0.29) is 0 Å². The van der Waals surface area contributed by atoms with Crippen molar-refractivity contribution in [2.24, 2.45) is 0 Å². The van der Waals surface area contributed by atoms with Gasteiger partial charge in [0.15, 0.2) is 0 Å². The summed E-state index contributed by atoms with van der Waals surface area (Å²) in [6.07, 6.45) is 23.9. The predicted octanol–water partition coefficient (Wildman–Crippen LogP) is 7.01. The molecule has 0 atom stereocenters. The zero-order valence-electron chi connectivity index (χ0n) is 17.7. The highest BCUT2D eigenvalue weighted by atomic mass is 15.2. The zero-order valence-corrected chi connectivity index (χ0v) is 17.7. The van der Waals surface area contributed by atoms with E-state index in [4.69, 9.17) is 0 Å². The lowest BCUT2D eigenvalue weighted by Crippen LogP contribution is -2.37. The summed E-state index contributed by atoms with van der Waals surface area (Å²) in [5.74, 6) is 1.55. The topological polar surface area (TPSA) is 8.81 Å². The molecule has 2 nitrogen and oxygen atoms in total. The largest absolute Gasteiger partial charge is 0.256 e. The van der Waals surface area contributed by atoms with Crippen molar-refractivity contribution in [3.05, 3.63) is 18.2 Å². The average Bonchev–Trinajstić information content (AvgIpc) is 3.00. The third kappa shape index (κ3) is 9.47. The van der Waals surface area contributed by atoms with E-state index in [1.807, 2.05) is 0 Å². The Morgan fingerprint density at radius 3 is 1.84 bits per heavy atom. The van der Waals surface area contributed by atoms with Crippen LogP contribution in [-0.2, 0) is 13.0 Å². The third-order valence-electron chi connectivity index (χ3n) is 5.35. The molecule has 146 valence electrons. The predicted molar refractivity (Wildman–Crippen MR) is 110 cm³/mol. The SMILES string of the molecule is CCCCCCCCCc1n(C(C)C)cc[n+]1CCCCCCCC. The smallest absolute Gasteiger partial charge is 0.234 e. The van der Waals surface area contributed by atoms with Gasteiger partial charge < -0.3 is 0 Å². The van der Waals surface area contributed by atoms with E-state index >= 15 is 0 Å². The lowest BCUT2D eigenvalue weighted by Gasteiger charge is -2.08. The van der Waals surface area contributed by atoms with Crippen molar-refractivity contribution in [3.8, 4) is 0 Å². The molecule has 1 aromatic heterocycles. The first-order chi connectivity index (χ1) is 12.2. The van der Waals surface area contributed by atoms with Gasteiger partial charge in [-0.2, -0.15) is 0 Å². The van der Waals surface area contributed by atoms with Crippen molar-refractivity contribution < 1.29 is 4.57 Å². The highest BCUT2D eigenvalue weighted by molar-refractivity contribution is 4.86. The van der Waals surface area contributed by atoms with E-state index in [2.05, 4.69) is 49.2 Å². The molecule has 0 unspecified atom stereocenters. The van der Waals surface area contributed by atoms with E-state index in [9.17, 15) is 0 Å². The molecule has 0 saturated heterocycles. The fourth-order valence-corrected chi connectivity index (χ4v) is 3.72. The number of nitrogens with zero attached hydrogens (tertiary/aromatic N) is 2. The fourth-order valence-electron chi connectivity index (χ4n) is 3.72. The Hall–Kier alpha value is -0.790. The standard InChI is InChI=1S/C23H45N2/c1-5-7-9-11-13-14-16-18-23-24(20-21-25(23)22(3)4)19-17-15-12-10-8-6-2/h20-22H,5-19H2,1-4H3/q+1. The summed E-state index contributed by atoms with van der Waals surface area (Å²) in [5, 5.41) is 0. The number of rotatable bonds is 16. The molecule has 0 aliphatic carbocycles. The van der Waals surface area contributed by atoms with Gasteiger partial charge in [0, 0.05) is 6.42 Å². The minimum Gasteiger partial charge on any atom is -0.234 e. The summed E-state index contributed by atoms with van der Waals surface area (Å²) >= 11 is 0. The van der Waals surface area contributed by atoms with Gasteiger partial charge in [0.1, 0.15) is 12.4 Å². The molecule has 0 N–H and O–H groups in total. The lowest BCUT2D eigenvalue weighted by molar-refractivity contribution is -0.704. The van der Waals surface area contributed by atoms with Crippen LogP contribution < -0.4 is 4.57 Å². The van der Waals surface area contributed by atoms with Crippen LogP contribution in [0.2, 0.25) is 0 Å². The first kappa shape index (κ1) is 22.3. The molecule has 0 aliphatic heterocycles. The van der Waals surface area contributed by atoms with Gasteiger partial charge in [-0.25, -0.2) is 9.13 Å². The fraction of sp³-hybridized carbons (Fsp3) is 0.870. The van der Waals surface area contributed by atoms with Crippen molar-refractivity contribution in [1.82, 2.24) is 4.57 Å². The van der Waals surface area contributed by atoms with E-state index in [0.29, 0.717) is 6.04 Å². The molecule has 2 heteroatoms. The molecular formula is C23H45N2+. The summed E-state index contributed by atoms with van der Waals surface area (Å²) in [4.78, 5) is 0. The quantitative estimate of drug-likeness (QED) is 0.224. The molecule has 0 amide bonds. The molecule has 0 aliphatic rings. The Labute approximate surface area is 158 Å². The maximum atomic E-state index is 2.54. The molecule has 1 heterocycles. The molecular weight excluding hydrogens is 304 g/mol. The zero-order chi connectivity index (χ0) is 18.3. The van der Waals surface area contributed by atoms with Crippen LogP contribution in [0.25, 0.3) is 0 Å². The second kappa shape index (κ2) is 14.4. The minimum absolute atomic E-state index is 0.574. The highest BCUT2D eigenvalue weighted by Gasteiger charge is 2.18. The second-order valence-corrected chi connectivity index (χ2v) is 8.05. The van der Waals surface area contributed by atoms with Crippen LogP contribution in [0, 0.1) is 0 Å². The maximum Gasteiger partial charge on any atom is 0.256 e. The molecule has 0 radical (unpaired) electrons. The van der Waals surface area contributed by atoms with Gasteiger partial charge >= 0.3 is 0 Å². The number of hydrogen-bond donors (Lipinski definition) is 0. The van der Waals surface area contributed by atoms with Crippen molar-refractivity contribution in [1.29, 1.82) is 0 Å². The number of imidazole rings is 1. The van der Waals surface area contributed by atoms with E-state index in [0.717, 1.165) is 0 Å². The van der Waals surface area contributed by atoms with Gasteiger partial charge in [-0.3, -0.25) is 0 Å². The van der Waals surface area contributed by atoms with Gasteiger partial charge in [0.05, 0.1) is 12.6 Å². The van der Waals surface area contributed by atoms with Crippen molar-refractivity contribution in [3.63, 3.8) is 0 Å². The van der Waals surface area contributed by atoms with Gasteiger partial charge in [-0.05, 0) is 33.1 Å². The Kier molecular flexibility index (Phi) is 12.8. The van der Waals surface area contributed by atoms with Crippen LogP contribution in [0.4, 0.5) is 0 Å². The molecule has 0 fully saturated rings. The Balaban J connectivity index is 2.37. The molecule has 0 spiro atoms. The molecule has 25 heavy (non-hydrogen) atoms. The molecule has 0 saturated carbocycles. The summed E-state index contributed by atoms with van der Waals surface area (Å²) in [5.41, 5.74) is 0. The van der Waals surface area contributed by atoms with Crippen LogP contribution in [0.3, 0.4) is 0 Å². The van der Waals surface area contributed by atoms with Crippen LogP contribution in [0.15, 0.2) is 12.4 Å². The minimum atomic E-state index is 0.574. The Morgan fingerprint density at radius 1 is 0.760 bits per heavy atom. The summed E-state index contributed by atoms with van der Waals surface area (Å²) < 4.78 is 5.03. The lowest BCUT2D eigenvalue weighted by atomic mass is 10.1. The van der Waals surface area contributed by atoms with Crippen LogP contribution in [0.5, 0.6) is 0 Å². The van der Waals surface area contributed by atoms with Crippen LogP contribution in [-0.4, -0.2) is 4.57 Å². The number of aryl methyl sites for hydroxylation is 1. The maximum absolute atomic E-state index is 2.54. The Bertz CT molecular complexity index is 420.